The lowest BCUT2D eigenvalue weighted by molar-refractivity contribution is -0.124. The van der Waals surface area contributed by atoms with Crippen molar-refractivity contribution in [1.82, 2.24) is 5.32 Å². The van der Waals surface area contributed by atoms with Crippen LogP contribution < -0.4 is 11.1 Å². The summed E-state index contributed by atoms with van der Waals surface area (Å²) in [6, 6.07) is 0.237. The summed E-state index contributed by atoms with van der Waals surface area (Å²) in [5.74, 6) is 0.136. The summed E-state index contributed by atoms with van der Waals surface area (Å²) >= 11 is 0. The maximum Gasteiger partial charge on any atom is 0.220 e. The van der Waals surface area contributed by atoms with Gasteiger partial charge in [-0.1, -0.05) is 20.8 Å². The SMILES string of the molecule is CC(C)(C)[C@@H]1NC(=O)CC[C@H]1N. The molecule has 1 amide bonds. The van der Waals surface area contributed by atoms with Crippen LogP contribution in [0.1, 0.15) is 33.6 Å². The molecule has 0 bridgehead atoms. The van der Waals surface area contributed by atoms with Crippen molar-refractivity contribution in [3.8, 4) is 0 Å². The Hall–Kier alpha value is -0.570. The zero-order valence-corrected chi connectivity index (χ0v) is 8.05. The van der Waals surface area contributed by atoms with Crippen molar-refractivity contribution in [3.63, 3.8) is 0 Å². The van der Waals surface area contributed by atoms with Crippen molar-refractivity contribution in [3.05, 3.63) is 0 Å². The number of rotatable bonds is 0. The fraction of sp³-hybridized carbons (Fsp3) is 0.889. The molecular formula is C9H18N2O. The number of piperidine rings is 1. The highest BCUT2D eigenvalue weighted by Crippen LogP contribution is 2.25. The summed E-state index contributed by atoms with van der Waals surface area (Å²) in [4.78, 5) is 11.1. The first-order chi connectivity index (χ1) is 5.41. The van der Waals surface area contributed by atoms with Gasteiger partial charge in [-0.15, -0.1) is 0 Å². The third kappa shape index (κ3) is 1.97. The molecular weight excluding hydrogens is 152 g/mol. The summed E-state index contributed by atoms with van der Waals surface area (Å²) in [6.07, 6.45) is 1.39. The van der Waals surface area contributed by atoms with Crippen molar-refractivity contribution < 1.29 is 4.79 Å². The van der Waals surface area contributed by atoms with Gasteiger partial charge in [0.1, 0.15) is 0 Å². The van der Waals surface area contributed by atoms with Crippen LogP contribution in [0.4, 0.5) is 0 Å². The molecule has 1 rings (SSSR count). The van der Waals surface area contributed by atoms with Crippen LogP contribution in [0.15, 0.2) is 0 Å². The van der Waals surface area contributed by atoms with Crippen molar-refractivity contribution in [2.75, 3.05) is 0 Å². The van der Waals surface area contributed by atoms with Crippen molar-refractivity contribution >= 4 is 5.91 Å². The van der Waals surface area contributed by atoms with Crippen LogP contribution in [0.25, 0.3) is 0 Å². The van der Waals surface area contributed by atoms with Crippen LogP contribution in [0.2, 0.25) is 0 Å². The molecule has 1 aliphatic rings. The Kier molecular flexibility index (Phi) is 2.42. The lowest BCUT2D eigenvalue weighted by atomic mass is 9.79. The Morgan fingerprint density at radius 2 is 2.08 bits per heavy atom. The molecule has 1 fully saturated rings. The first kappa shape index (κ1) is 9.52. The molecule has 3 nitrogen and oxygen atoms in total. The molecule has 0 aromatic rings. The van der Waals surface area contributed by atoms with E-state index < -0.39 is 0 Å². The number of carbonyl (C=O) groups is 1. The van der Waals surface area contributed by atoms with E-state index in [1.807, 2.05) is 0 Å². The average molecular weight is 170 g/mol. The van der Waals surface area contributed by atoms with Gasteiger partial charge in [0.2, 0.25) is 5.91 Å². The number of hydrogen-bond acceptors (Lipinski definition) is 2. The fourth-order valence-corrected chi connectivity index (χ4v) is 1.68. The van der Waals surface area contributed by atoms with E-state index in [0.717, 1.165) is 6.42 Å². The summed E-state index contributed by atoms with van der Waals surface area (Å²) in [7, 11) is 0. The first-order valence-corrected chi connectivity index (χ1v) is 4.46. The second-order valence-electron chi connectivity index (χ2n) is 4.61. The van der Waals surface area contributed by atoms with Gasteiger partial charge in [0.15, 0.2) is 0 Å². The van der Waals surface area contributed by atoms with Gasteiger partial charge in [0.05, 0.1) is 0 Å². The molecule has 3 heteroatoms. The van der Waals surface area contributed by atoms with Crippen LogP contribution in [0.3, 0.4) is 0 Å². The van der Waals surface area contributed by atoms with E-state index in [4.69, 9.17) is 5.73 Å². The molecule has 2 atom stereocenters. The molecule has 0 radical (unpaired) electrons. The predicted octanol–water partition coefficient (Wildman–Crippen LogP) is 0.638. The summed E-state index contributed by atoms with van der Waals surface area (Å²) in [5.41, 5.74) is 5.98. The third-order valence-corrected chi connectivity index (χ3v) is 2.38. The smallest absolute Gasteiger partial charge is 0.220 e. The van der Waals surface area contributed by atoms with Crippen molar-refractivity contribution in [2.24, 2.45) is 11.1 Å². The second-order valence-corrected chi connectivity index (χ2v) is 4.61. The van der Waals surface area contributed by atoms with Gasteiger partial charge in [-0.2, -0.15) is 0 Å². The van der Waals surface area contributed by atoms with Crippen molar-refractivity contribution in [1.29, 1.82) is 0 Å². The van der Waals surface area contributed by atoms with Gasteiger partial charge in [-0.25, -0.2) is 0 Å². The van der Waals surface area contributed by atoms with Gasteiger partial charge >= 0.3 is 0 Å². The maximum absolute atomic E-state index is 11.1. The highest BCUT2D eigenvalue weighted by atomic mass is 16.1. The number of carbonyl (C=O) groups excluding carboxylic acids is 1. The summed E-state index contributed by atoms with van der Waals surface area (Å²) < 4.78 is 0. The van der Waals surface area contributed by atoms with E-state index in [-0.39, 0.29) is 23.4 Å². The minimum Gasteiger partial charge on any atom is -0.351 e. The molecule has 0 spiro atoms. The highest BCUT2D eigenvalue weighted by molar-refractivity contribution is 5.77. The van der Waals surface area contributed by atoms with Crippen LogP contribution in [-0.2, 0) is 4.79 Å². The van der Waals surface area contributed by atoms with Crippen molar-refractivity contribution in [2.45, 2.75) is 45.7 Å². The Bertz CT molecular complexity index is 183. The molecule has 0 aliphatic carbocycles. The molecule has 12 heavy (non-hydrogen) atoms. The summed E-state index contributed by atoms with van der Waals surface area (Å²) in [6.45, 7) is 6.30. The molecule has 0 aromatic carbocycles. The molecule has 1 aliphatic heterocycles. The minimum atomic E-state index is 0.0650. The Morgan fingerprint density at radius 3 is 2.50 bits per heavy atom. The van der Waals surface area contributed by atoms with Gasteiger partial charge in [0, 0.05) is 18.5 Å². The fourth-order valence-electron chi connectivity index (χ4n) is 1.68. The minimum absolute atomic E-state index is 0.0650. The largest absolute Gasteiger partial charge is 0.351 e. The first-order valence-electron chi connectivity index (χ1n) is 4.46. The van der Waals surface area contributed by atoms with E-state index in [1.54, 1.807) is 0 Å². The van der Waals surface area contributed by atoms with Crippen LogP contribution in [0.5, 0.6) is 0 Å². The second kappa shape index (κ2) is 3.05. The van der Waals surface area contributed by atoms with Gasteiger partial charge in [0.25, 0.3) is 0 Å². The molecule has 0 unspecified atom stereocenters. The monoisotopic (exact) mass is 170 g/mol. The highest BCUT2D eigenvalue weighted by Gasteiger charge is 2.34. The lowest BCUT2D eigenvalue weighted by Gasteiger charge is -2.38. The van der Waals surface area contributed by atoms with E-state index in [1.165, 1.54) is 0 Å². The quantitative estimate of drug-likeness (QED) is 0.560. The zero-order chi connectivity index (χ0) is 9.35. The van der Waals surface area contributed by atoms with E-state index >= 15 is 0 Å². The molecule has 1 heterocycles. The van der Waals surface area contributed by atoms with Gasteiger partial charge in [-0.05, 0) is 11.8 Å². The Balaban J connectivity index is 2.67. The molecule has 1 saturated heterocycles. The van der Waals surface area contributed by atoms with Crippen LogP contribution in [0, 0.1) is 5.41 Å². The lowest BCUT2D eigenvalue weighted by Crippen LogP contribution is -2.57. The molecule has 3 N–H and O–H groups in total. The molecule has 0 saturated carbocycles. The number of amides is 1. The van der Waals surface area contributed by atoms with Crippen LogP contribution in [-0.4, -0.2) is 18.0 Å². The maximum atomic E-state index is 11.1. The van der Waals surface area contributed by atoms with E-state index in [9.17, 15) is 4.79 Å². The topological polar surface area (TPSA) is 55.1 Å². The number of nitrogens with two attached hydrogens (primary N) is 1. The number of hydrogen-bond donors (Lipinski definition) is 2. The molecule has 0 aromatic heterocycles. The Morgan fingerprint density at radius 1 is 1.50 bits per heavy atom. The van der Waals surface area contributed by atoms with E-state index in [2.05, 4.69) is 26.1 Å². The predicted molar refractivity (Wildman–Crippen MR) is 48.6 cm³/mol. The van der Waals surface area contributed by atoms with Crippen LogP contribution >= 0.6 is 0 Å². The summed E-state index contributed by atoms with van der Waals surface area (Å²) in [5, 5.41) is 2.94. The molecule has 70 valence electrons. The van der Waals surface area contributed by atoms with Gasteiger partial charge in [-0.3, -0.25) is 4.79 Å². The number of nitrogens with one attached hydrogen (secondary N) is 1. The average Bonchev–Trinajstić information content (AvgIpc) is 1.92. The zero-order valence-electron chi connectivity index (χ0n) is 8.05. The normalized spacial score (nSPS) is 31.5. The Labute approximate surface area is 73.7 Å². The third-order valence-electron chi connectivity index (χ3n) is 2.38. The van der Waals surface area contributed by atoms with Gasteiger partial charge < -0.3 is 11.1 Å². The van der Waals surface area contributed by atoms with E-state index in [0.29, 0.717) is 6.42 Å². The standard InChI is InChI=1S/C9H18N2O/c1-9(2,3)8-6(10)4-5-7(12)11-8/h6,8H,4-5,10H2,1-3H3,(H,11,12)/t6-,8-/m1/s1.